The summed E-state index contributed by atoms with van der Waals surface area (Å²) in [6.07, 6.45) is 2.08. The second kappa shape index (κ2) is 12.8. The van der Waals surface area contributed by atoms with Gasteiger partial charge in [0, 0.05) is 59.9 Å². The number of aryl methyl sites for hydroxylation is 3. The third kappa shape index (κ3) is 4.84. The van der Waals surface area contributed by atoms with Crippen LogP contribution in [0.1, 0.15) is 36.1 Å². The molecule has 2 aliphatic carbocycles. The molecule has 0 radical (unpaired) electrons. The lowest BCUT2D eigenvalue weighted by molar-refractivity contribution is 0.661. The highest BCUT2D eigenvalue weighted by Crippen LogP contribution is 2.57. The molecule has 290 valence electrons. The Hall–Kier alpha value is -6.94. The third-order valence-corrected chi connectivity index (χ3v) is 15.3. The molecule has 2 heterocycles. The molecule has 0 N–H and O–H groups in total. The summed E-state index contributed by atoms with van der Waals surface area (Å²) in [6.45, 7) is 4.88. The van der Waals surface area contributed by atoms with E-state index in [0.717, 1.165) is 12.8 Å². The van der Waals surface area contributed by atoms with Crippen LogP contribution < -0.4 is 4.90 Å². The minimum atomic E-state index is -0.257. The SMILES string of the molecule is Cn1c2ccccc2c2c(N(c3cccc4c3-c3ccccc3CC4)c3cc4c(c5ccccc35)-c3ccc(-c5cccc6c5sc5ccccc56)cc3C4(C)C)cccc21. The molecule has 11 aromatic rings. The number of thiophene rings is 1. The Morgan fingerprint density at radius 3 is 2.03 bits per heavy atom. The smallest absolute Gasteiger partial charge is 0.0562 e. The van der Waals surface area contributed by atoms with Crippen LogP contribution in [0.4, 0.5) is 17.1 Å². The van der Waals surface area contributed by atoms with E-state index in [2.05, 4.69) is 206 Å². The Bertz CT molecular complexity index is 3650. The summed E-state index contributed by atoms with van der Waals surface area (Å²) < 4.78 is 5.06. The van der Waals surface area contributed by atoms with E-state index in [0.29, 0.717) is 0 Å². The monoisotopic (exact) mass is 798 g/mol. The molecular weight excluding hydrogens is 757 g/mol. The number of rotatable bonds is 4. The lowest BCUT2D eigenvalue weighted by Gasteiger charge is -2.33. The van der Waals surface area contributed by atoms with E-state index >= 15 is 0 Å². The molecule has 2 aliphatic rings. The van der Waals surface area contributed by atoms with Gasteiger partial charge >= 0.3 is 0 Å². The Balaban J connectivity index is 1.09. The van der Waals surface area contributed by atoms with Crippen molar-refractivity contribution in [2.45, 2.75) is 32.1 Å². The molecule has 13 rings (SSSR count). The van der Waals surface area contributed by atoms with Gasteiger partial charge in [-0.3, -0.25) is 0 Å². The lowest BCUT2D eigenvalue weighted by atomic mass is 9.80. The number of hydrogen-bond acceptors (Lipinski definition) is 2. The first-order chi connectivity index (χ1) is 30.0. The molecule has 61 heavy (non-hydrogen) atoms. The van der Waals surface area contributed by atoms with Crippen LogP contribution in [0.25, 0.3) is 86.1 Å². The van der Waals surface area contributed by atoms with Crippen molar-refractivity contribution in [3.63, 3.8) is 0 Å². The van der Waals surface area contributed by atoms with Gasteiger partial charge in [-0.15, -0.1) is 11.3 Å². The second-order valence-corrected chi connectivity index (χ2v) is 18.6. The summed E-state index contributed by atoms with van der Waals surface area (Å²) >= 11 is 1.91. The van der Waals surface area contributed by atoms with E-state index in [1.807, 2.05) is 11.3 Å². The molecular formula is C58H42N2S. The van der Waals surface area contributed by atoms with E-state index < -0.39 is 0 Å². The number of anilines is 3. The summed E-state index contributed by atoms with van der Waals surface area (Å²) in [7, 11) is 2.21. The van der Waals surface area contributed by atoms with Gasteiger partial charge in [0.1, 0.15) is 0 Å². The summed E-state index contributed by atoms with van der Waals surface area (Å²) in [5, 5.41) is 7.76. The molecule has 2 nitrogen and oxygen atoms in total. The van der Waals surface area contributed by atoms with Gasteiger partial charge in [0.15, 0.2) is 0 Å². The first-order valence-electron chi connectivity index (χ1n) is 21.5. The van der Waals surface area contributed by atoms with E-state index in [1.54, 1.807) is 0 Å². The largest absolute Gasteiger partial charge is 0.344 e. The van der Waals surface area contributed by atoms with Gasteiger partial charge in [0.25, 0.3) is 0 Å². The molecule has 3 heteroatoms. The lowest BCUT2D eigenvalue weighted by Crippen LogP contribution is -2.18. The molecule has 0 bridgehead atoms. The van der Waals surface area contributed by atoms with Gasteiger partial charge in [-0.2, -0.15) is 0 Å². The summed E-state index contributed by atoms with van der Waals surface area (Å²) in [5.41, 5.74) is 19.4. The Labute approximate surface area is 359 Å². The number of aromatic nitrogens is 1. The topological polar surface area (TPSA) is 8.17 Å². The zero-order chi connectivity index (χ0) is 40.6. The van der Waals surface area contributed by atoms with Crippen LogP contribution >= 0.6 is 11.3 Å². The van der Waals surface area contributed by atoms with Crippen molar-refractivity contribution < 1.29 is 0 Å². The number of nitrogens with zero attached hydrogens (tertiary/aromatic N) is 2. The fourth-order valence-electron chi connectivity index (χ4n) is 11.2. The molecule has 9 aromatic carbocycles. The van der Waals surface area contributed by atoms with Crippen molar-refractivity contribution in [1.82, 2.24) is 4.57 Å². The van der Waals surface area contributed by atoms with Crippen LogP contribution in [0.15, 0.2) is 176 Å². The van der Waals surface area contributed by atoms with E-state index in [1.165, 1.54) is 125 Å². The molecule has 0 fully saturated rings. The number of fused-ring (bicyclic) bond motifs is 14. The first kappa shape index (κ1) is 34.9. The molecule has 0 unspecified atom stereocenters. The molecule has 0 saturated carbocycles. The predicted molar refractivity (Wildman–Crippen MR) is 261 cm³/mol. The summed E-state index contributed by atoms with van der Waals surface area (Å²) in [6, 6.07) is 66.5. The molecule has 2 aromatic heterocycles. The highest BCUT2D eigenvalue weighted by atomic mass is 32.1. The number of hydrogen-bond donors (Lipinski definition) is 0. The maximum atomic E-state index is 2.63. The maximum Gasteiger partial charge on any atom is 0.0562 e. The van der Waals surface area contributed by atoms with Gasteiger partial charge < -0.3 is 9.47 Å². The fraction of sp³-hybridized carbons (Fsp3) is 0.103. The molecule has 0 atom stereocenters. The van der Waals surface area contributed by atoms with E-state index in [9.17, 15) is 0 Å². The van der Waals surface area contributed by atoms with Crippen LogP contribution in [0.2, 0.25) is 0 Å². The molecule has 0 spiro atoms. The van der Waals surface area contributed by atoms with Crippen molar-refractivity contribution in [3.8, 4) is 33.4 Å². The van der Waals surface area contributed by atoms with Crippen LogP contribution in [-0.4, -0.2) is 4.57 Å². The normalized spacial score (nSPS) is 13.8. The van der Waals surface area contributed by atoms with Crippen molar-refractivity contribution in [1.29, 1.82) is 0 Å². The Morgan fingerprint density at radius 1 is 0.475 bits per heavy atom. The molecule has 0 aliphatic heterocycles. The van der Waals surface area contributed by atoms with Crippen LogP contribution in [0.5, 0.6) is 0 Å². The quantitative estimate of drug-likeness (QED) is 0.172. The standard InChI is InChI=1S/C58H42N2S/c1-58(2)46-33-37(39-22-13-23-43-41-19-9-11-28-53(41)61-57(39)43)31-32-44(46)55-42-20-7-6-18-40(42)52(34-47(55)58)60(50-26-12-16-36-30-29-35-15-4-5-17-38(35)54(36)50)51-27-14-25-49-56(51)45-21-8-10-24-48(45)59(49)3/h4-28,31-34H,29-30H2,1-3H3. The van der Waals surface area contributed by atoms with E-state index in [4.69, 9.17) is 0 Å². The maximum absolute atomic E-state index is 2.63. The zero-order valence-corrected chi connectivity index (χ0v) is 35.3. The predicted octanol–water partition coefficient (Wildman–Crippen LogP) is 16.1. The van der Waals surface area contributed by atoms with Crippen LogP contribution in [0, 0.1) is 0 Å². The van der Waals surface area contributed by atoms with Gasteiger partial charge in [-0.05, 0) is 111 Å². The van der Waals surface area contributed by atoms with Crippen molar-refractivity contribution in [2.24, 2.45) is 7.05 Å². The van der Waals surface area contributed by atoms with Gasteiger partial charge in [-0.1, -0.05) is 147 Å². The average molecular weight is 799 g/mol. The average Bonchev–Trinajstić information content (AvgIpc) is 3.91. The number of benzene rings is 9. The van der Waals surface area contributed by atoms with E-state index in [-0.39, 0.29) is 5.41 Å². The van der Waals surface area contributed by atoms with Gasteiger partial charge in [0.05, 0.1) is 22.6 Å². The highest BCUT2D eigenvalue weighted by molar-refractivity contribution is 7.26. The van der Waals surface area contributed by atoms with Crippen molar-refractivity contribution in [3.05, 3.63) is 198 Å². The number of para-hydroxylation sites is 1. The van der Waals surface area contributed by atoms with Gasteiger partial charge in [-0.25, -0.2) is 0 Å². The highest BCUT2D eigenvalue weighted by Gasteiger charge is 2.39. The van der Waals surface area contributed by atoms with Crippen molar-refractivity contribution >= 4 is 81.1 Å². The van der Waals surface area contributed by atoms with Crippen LogP contribution in [0.3, 0.4) is 0 Å². The minimum absolute atomic E-state index is 0.257. The van der Waals surface area contributed by atoms with Gasteiger partial charge in [0.2, 0.25) is 0 Å². The summed E-state index contributed by atoms with van der Waals surface area (Å²) in [5.74, 6) is 0. The molecule has 0 amide bonds. The first-order valence-corrected chi connectivity index (χ1v) is 22.4. The fourth-order valence-corrected chi connectivity index (χ4v) is 12.4. The van der Waals surface area contributed by atoms with Crippen LogP contribution in [-0.2, 0) is 25.3 Å². The summed E-state index contributed by atoms with van der Waals surface area (Å²) in [4.78, 5) is 2.63. The Morgan fingerprint density at radius 2 is 1.13 bits per heavy atom. The zero-order valence-electron chi connectivity index (χ0n) is 34.5. The second-order valence-electron chi connectivity index (χ2n) is 17.6. The third-order valence-electron chi connectivity index (χ3n) is 14.1. The minimum Gasteiger partial charge on any atom is -0.344 e. The Kier molecular flexibility index (Phi) is 7.31. The van der Waals surface area contributed by atoms with Crippen molar-refractivity contribution in [2.75, 3.05) is 4.90 Å². The molecule has 0 saturated heterocycles.